The van der Waals surface area contributed by atoms with Gasteiger partial charge in [0.2, 0.25) is 5.60 Å². The van der Waals surface area contributed by atoms with Gasteiger partial charge in [-0.15, -0.1) is 0 Å². The number of carbonyl (C=O) groups excluding carboxylic acids is 4. The van der Waals surface area contributed by atoms with E-state index in [1.165, 1.54) is 18.9 Å². The second kappa shape index (κ2) is 13.7. The highest BCUT2D eigenvalue weighted by molar-refractivity contribution is 6.05. The van der Waals surface area contributed by atoms with Crippen molar-refractivity contribution in [2.45, 2.75) is 84.6 Å². The monoisotopic (exact) mass is 658 g/mol. The van der Waals surface area contributed by atoms with Crippen LogP contribution in [-0.2, 0) is 19.9 Å². The average Bonchev–Trinajstić information content (AvgIpc) is 2.97. The molecule has 2 aromatic carbocycles. The molecule has 2 aliphatic heterocycles. The van der Waals surface area contributed by atoms with Crippen molar-refractivity contribution >= 4 is 29.7 Å². The Morgan fingerprint density at radius 2 is 1.79 bits per heavy atom. The standard InChI is InChI=1S/C34H44F2N4O7/c1-20(2)40(25-10-9-12-38(19-25)32(44)47-33(4,5)6)29(41)26-18-27-28(14-21(26)3)46-34(7,22-15-23(35)17-24(36)16-22)30(42)39(27)13-11-37-31(43)45-8/h14-18,20,25H,9-13,19H2,1-8H3,(H,37,43)/t25-,34?/m1/s1. The lowest BCUT2D eigenvalue weighted by Gasteiger charge is -2.43. The molecule has 256 valence electrons. The summed E-state index contributed by atoms with van der Waals surface area (Å²) in [5.41, 5.74) is -1.39. The Hall–Kier alpha value is -4.42. The number of hydrogen-bond acceptors (Lipinski definition) is 7. The summed E-state index contributed by atoms with van der Waals surface area (Å²) in [7, 11) is 1.21. The fraction of sp³-hybridized carbons (Fsp3) is 0.529. The van der Waals surface area contributed by atoms with Crippen LogP contribution in [0.3, 0.4) is 0 Å². The fourth-order valence-corrected chi connectivity index (χ4v) is 6.03. The van der Waals surface area contributed by atoms with Crippen LogP contribution in [0.2, 0.25) is 0 Å². The third kappa shape index (κ3) is 7.77. The van der Waals surface area contributed by atoms with Gasteiger partial charge in [0.15, 0.2) is 0 Å². The van der Waals surface area contributed by atoms with Gasteiger partial charge in [0.1, 0.15) is 23.0 Å². The van der Waals surface area contributed by atoms with Crippen molar-refractivity contribution < 1.29 is 42.2 Å². The van der Waals surface area contributed by atoms with Gasteiger partial charge >= 0.3 is 12.2 Å². The summed E-state index contributed by atoms with van der Waals surface area (Å²) < 4.78 is 45.0. The number of nitrogens with one attached hydrogen (secondary N) is 1. The van der Waals surface area contributed by atoms with Crippen LogP contribution in [0.5, 0.6) is 5.75 Å². The van der Waals surface area contributed by atoms with E-state index >= 15 is 0 Å². The number of alkyl carbamates (subject to hydrolysis) is 1. The third-order valence-corrected chi connectivity index (χ3v) is 8.23. The lowest BCUT2D eigenvalue weighted by Crippen LogP contribution is -2.55. The Labute approximate surface area is 274 Å². The topological polar surface area (TPSA) is 118 Å². The summed E-state index contributed by atoms with van der Waals surface area (Å²) >= 11 is 0. The van der Waals surface area contributed by atoms with Gasteiger partial charge in [-0.05, 0) is 91.1 Å². The summed E-state index contributed by atoms with van der Waals surface area (Å²) in [6.07, 6.45) is 0.229. The van der Waals surface area contributed by atoms with Crippen molar-refractivity contribution in [3.8, 4) is 5.75 Å². The van der Waals surface area contributed by atoms with Crippen molar-refractivity contribution in [1.82, 2.24) is 15.1 Å². The van der Waals surface area contributed by atoms with E-state index in [4.69, 9.17) is 9.47 Å². The summed E-state index contributed by atoms with van der Waals surface area (Å²) in [6.45, 7) is 13.1. The maximum atomic E-state index is 14.3. The number of hydrogen-bond donors (Lipinski definition) is 1. The van der Waals surface area contributed by atoms with E-state index in [-0.39, 0.29) is 48.1 Å². The third-order valence-electron chi connectivity index (χ3n) is 8.23. The number of likely N-dealkylation sites (tertiary alicyclic amines) is 1. The van der Waals surface area contributed by atoms with Crippen LogP contribution >= 0.6 is 0 Å². The summed E-state index contributed by atoms with van der Waals surface area (Å²) in [5, 5.41) is 2.54. The number of rotatable bonds is 7. The first-order valence-corrected chi connectivity index (χ1v) is 15.7. The van der Waals surface area contributed by atoms with E-state index in [9.17, 15) is 28.0 Å². The van der Waals surface area contributed by atoms with E-state index in [0.29, 0.717) is 43.1 Å². The van der Waals surface area contributed by atoms with Gasteiger partial charge in [-0.3, -0.25) is 9.59 Å². The molecule has 1 fully saturated rings. The second-order valence-electron chi connectivity index (χ2n) is 13.3. The highest BCUT2D eigenvalue weighted by atomic mass is 19.1. The zero-order valence-electron chi connectivity index (χ0n) is 28.2. The Kier molecular flexibility index (Phi) is 10.4. The van der Waals surface area contributed by atoms with E-state index in [2.05, 4.69) is 10.1 Å². The zero-order valence-corrected chi connectivity index (χ0v) is 28.2. The SMILES string of the molecule is COC(=O)NCCN1C(=O)C(C)(c2cc(F)cc(F)c2)Oc2cc(C)c(C(=O)N(C(C)C)[C@@H]3CCCN(C(=O)OC(C)(C)C)C3)cc21. The first-order valence-electron chi connectivity index (χ1n) is 15.7. The predicted octanol–water partition coefficient (Wildman–Crippen LogP) is 5.52. The largest absolute Gasteiger partial charge is 0.471 e. The summed E-state index contributed by atoms with van der Waals surface area (Å²) in [6, 6.07) is 5.44. The number of halogens is 2. The summed E-state index contributed by atoms with van der Waals surface area (Å²) in [4.78, 5) is 57.8. The molecule has 2 aromatic rings. The van der Waals surface area contributed by atoms with Gasteiger partial charge in [-0.2, -0.15) is 0 Å². The van der Waals surface area contributed by atoms with Gasteiger partial charge in [-0.25, -0.2) is 18.4 Å². The van der Waals surface area contributed by atoms with E-state index < -0.39 is 40.9 Å². The number of methoxy groups -OCH3 is 1. The molecule has 0 saturated carbocycles. The number of amides is 4. The van der Waals surface area contributed by atoms with Crippen molar-refractivity contribution in [3.63, 3.8) is 0 Å². The molecule has 4 amide bonds. The van der Waals surface area contributed by atoms with E-state index in [0.717, 1.165) is 12.1 Å². The molecule has 2 aliphatic rings. The maximum Gasteiger partial charge on any atom is 0.410 e. The average molecular weight is 659 g/mol. The minimum atomic E-state index is -1.82. The maximum absolute atomic E-state index is 14.3. The first kappa shape index (κ1) is 35.4. The zero-order chi connectivity index (χ0) is 34.8. The molecule has 2 atom stereocenters. The van der Waals surface area contributed by atoms with E-state index in [1.807, 2.05) is 13.8 Å². The number of piperidine rings is 1. The molecule has 0 radical (unpaired) electrons. The van der Waals surface area contributed by atoms with Crippen LogP contribution in [0.4, 0.5) is 24.1 Å². The lowest BCUT2D eigenvalue weighted by molar-refractivity contribution is -0.135. The molecule has 1 N–H and O–H groups in total. The quantitative estimate of drug-likeness (QED) is 0.416. The number of aryl methyl sites for hydroxylation is 1. The van der Waals surface area contributed by atoms with Crippen LogP contribution in [-0.4, -0.2) is 84.8 Å². The Morgan fingerprint density at radius 1 is 1.13 bits per heavy atom. The van der Waals surface area contributed by atoms with Gasteiger partial charge in [0.05, 0.1) is 18.8 Å². The molecule has 4 rings (SSSR count). The smallest absolute Gasteiger partial charge is 0.410 e. The lowest BCUT2D eigenvalue weighted by atomic mass is 9.90. The molecule has 47 heavy (non-hydrogen) atoms. The first-order chi connectivity index (χ1) is 21.9. The molecule has 1 unspecified atom stereocenters. The number of carbonyl (C=O) groups is 4. The van der Waals surface area contributed by atoms with Crippen LogP contribution in [0.25, 0.3) is 0 Å². The molecule has 13 heteroatoms. The summed E-state index contributed by atoms with van der Waals surface area (Å²) in [5.74, 6) is -2.47. The highest BCUT2D eigenvalue weighted by Gasteiger charge is 2.47. The van der Waals surface area contributed by atoms with Crippen LogP contribution in [0.15, 0.2) is 30.3 Å². The number of ether oxygens (including phenoxy) is 3. The normalized spacial score (nSPS) is 19.6. The van der Waals surface area contributed by atoms with Crippen molar-refractivity contribution in [2.75, 3.05) is 38.2 Å². The molecular formula is C34H44F2N4O7. The van der Waals surface area contributed by atoms with Crippen molar-refractivity contribution in [3.05, 3.63) is 58.7 Å². The molecule has 0 bridgehead atoms. The highest BCUT2D eigenvalue weighted by Crippen LogP contribution is 2.44. The van der Waals surface area contributed by atoms with Crippen LogP contribution in [0, 0.1) is 18.6 Å². The number of nitrogens with zero attached hydrogens (tertiary/aromatic N) is 3. The van der Waals surface area contributed by atoms with Gasteiger partial charge in [-0.1, -0.05) is 0 Å². The number of anilines is 1. The van der Waals surface area contributed by atoms with Gasteiger partial charge in [0.25, 0.3) is 11.8 Å². The Balaban J connectivity index is 1.72. The van der Waals surface area contributed by atoms with Gasteiger partial charge < -0.3 is 34.2 Å². The molecule has 0 aliphatic carbocycles. The molecular weight excluding hydrogens is 614 g/mol. The van der Waals surface area contributed by atoms with Crippen LogP contribution in [0.1, 0.15) is 75.9 Å². The van der Waals surface area contributed by atoms with Gasteiger partial charge in [0, 0.05) is 49.4 Å². The minimum absolute atomic E-state index is 0.0245. The van der Waals surface area contributed by atoms with E-state index in [1.54, 1.807) is 49.6 Å². The number of benzene rings is 2. The molecule has 11 nitrogen and oxygen atoms in total. The van der Waals surface area contributed by atoms with Crippen LogP contribution < -0.4 is 15.0 Å². The van der Waals surface area contributed by atoms with Crippen molar-refractivity contribution in [1.29, 1.82) is 0 Å². The molecule has 2 heterocycles. The number of fused-ring (bicyclic) bond motifs is 1. The van der Waals surface area contributed by atoms with Crippen molar-refractivity contribution in [2.24, 2.45) is 0 Å². The second-order valence-corrected chi connectivity index (χ2v) is 13.3. The Bertz CT molecular complexity index is 1520. The fourth-order valence-electron chi connectivity index (χ4n) is 6.03. The molecule has 0 spiro atoms. The minimum Gasteiger partial charge on any atom is -0.471 e. The predicted molar refractivity (Wildman–Crippen MR) is 170 cm³/mol. The molecule has 0 aromatic heterocycles. The molecule has 1 saturated heterocycles. The Morgan fingerprint density at radius 3 is 2.38 bits per heavy atom.